The second-order valence-corrected chi connectivity index (χ2v) is 4.58. The molecule has 0 aromatic heterocycles. The molecule has 0 unspecified atom stereocenters. The van der Waals surface area contributed by atoms with Crippen LogP contribution in [0.2, 0.25) is 0 Å². The first-order valence-corrected chi connectivity index (χ1v) is 6.18. The van der Waals surface area contributed by atoms with Crippen LogP contribution >= 0.6 is 0 Å². The van der Waals surface area contributed by atoms with Crippen LogP contribution in [0, 0.1) is 0 Å². The molecule has 0 saturated heterocycles. The molecule has 2 rings (SSSR count). The molecule has 0 spiro atoms. The van der Waals surface area contributed by atoms with Gasteiger partial charge in [-0.15, -0.1) is 0 Å². The lowest BCUT2D eigenvalue weighted by molar-refractivity contribution is -0.0957. The lowest BCUT2D eigenvalue weighted by Gasteiger charge is -2.27. The van der Waals surface area contributed by atoms with Crippen molar-refractivity contribution in [3.63, 3.8) is 0 Å². The van der Waals surface area contributed by atoms with Crippen molar-refractivity contribution in [3.8, 4) is 0 Å². The van der Waals surface area contributed by atoms with E-state index in [1.807, 2.05) is 0 Å². The maximum atomic E-state index is 12.5. The van der Waals surface area contributed by atoms with Crippen LogP contribution in [0.15, 0.2) is 35.9 Å². The zero-order valence-corrected chi connectivity index (χ0v) is 10.9. The van der Waals surface area contributed by atoms with Crippen molar-refractivity contribution in [2.24, 2.45) is 0 Å². The molecule has 0 fully saturated rings. The van der Waals surface area contributed by atoms with Gasteiger partial charge >= 0.3 is 12.1 Å². The molecule has 0 saturated carbocycles. The summed E-state index contributed by atoms with van der Waals surface area (Å²) in [4.78, 5) is 24.5. The zero-order chi connectivity index (χ0) is 15.6. The first-order valence-electron chi connectivity index (χ1n) is 6.18. The molecule has 0 aliphatic carbocycles. The van der Waals surface area contributed by atoms with E-state index in [-0.39, 0.29) is 30.6 Å². The number of nitrogens with zero attached hydrogens (tertiary/aromatic N) is 1. The quantitative estimate of drug-likeness (QED) is 0.854. The average molecular weight is 299 g/mol. The van der Waals surface area contributed by atoms with E-state index >= 15 is 0 Å². The number of alkyl halides is 3. The van der Waals surface area contributed by atoms with Gasteiger partial charge in [0.1, 0.15) is 0 Å². The third-order valence-electron chi connectivity index (χ3n) is 3.25. The lowest BCUT2D eigenvalue weighted by atomic mass is 10.0. The van der Waals surface area contributed by atoms with Crippen molar-refractivity contribution in [1.29, 1.82) is 0 Å². The molecule has 1 aliphatic rings. The van der Waals surface area contributed by atoms with Gasteiger partial charge in [-0.1, -0.05) is 18.2 Å². The van der Waals surface area contributed by atoms with Crippen LogP contribution < -0.4 is 0 Å². The summed E-state index contributed by atoms with van der Waals surface area (Å²) in [7, 11) is 0. The number of hydrogen-bond donors (Lipinski definition) is 1. The first-order chi connectivity index (χ1) is 9.80. The summed E-state index contributed by atoms with van der Waals surface area (Å²) in [6, 6.07) is 5.64. The number of carboxylic acids is 1. The zero-order valence-electron chi connectivity index (χ0n) is 10.9. The standard InChI is InChI=1S/C14H12F3NO3/c15-14(16,17)9-5-7-18(8-6-9)12(19)10-3-1-2-4-11(10)13(20)21/h1-5H,6-8H2,(H,20,21). The Bertz CT molecular complexity index is 608. The Labute approximate surface area is 118 Å². The highest BCUT2D eigenvalue weighted by molar-refractivity contribution is 6.04. The summed E-state index contributed by atoms with van der Waals surface area (Å²) in [5.74, 6) is -1.83. The summed E-state index contributed by atoms with van der Waals surface area (Å²) in [6.07, 6.45) is -3.70. The molecular formula is C14H12F3NO3. The Balaban J connectivity index is 2.20. The number of carbonyl (C=O) groups is 2. The predicted molar refractivity (Wildman–Crippen MR) is 68.1 cm³/mol. The first kappa shape index (κ1) is 15.1. The Hall–Kier alpha value is -2.31. The second kappa shape index (κ2) is 5.59. The smallest absolute Gasteiger partial charge is 0.412 e. The van der Waals surface area contributed by atoms with Gasteiger partial charge in [-0.2, -0.15) is 13.2 Å². The highest BCUT2D eigenvalue weighted by atomic mass is 19.4. The summed E-state index contributed by atoms with van der Waals surface area (Å²) in [6.45, 7) is -0.264. The molecule has 1 N–H and O–H groups in total. The fourth-order valence-electron chi connectivity index (χ4n) is 2.14. The van der Waals surface area contributed by atoms with E-state index in [1.54, 1.807) is 0 Å². The molecule has 0 bridgehead atoms. The molecule has 1 heterocycles. The van der Waals surface area contributed by atoms with Crippen LogP contribution in [0.3, 0.4) is 0 Å². The topological polar surface area (TPSA) is 57.6 Å². The van der Waals surface area contributed by atoms with Gasteiger partial charge in [-0.05, 0) is 18.6 Å². The molecule has 21 heavy (non-hydrogen) atoms. The Kier molecular flexibility index (Phi) is 4.02. The molecular weight excluding hydrogens is 287 g/mol. The number of halogens is 3. The molecule has 0 radical (unpaired) electrons. The van der Waals surface area contributed by atoms with Gasteiger partial charge in [0.25, 0.3) is 5.91 Å². The second-order valence-electron chi connectivity index (χ2n) is 4.58. The highest BCUT2D eigenvalue weighted by Gasteiger charge is 2.35. The molecule has 1 aromatic rings. The van der Waals surface area contributed by atoms with Crippen molar-refractivity contribution >= 4 is 11.9 Å². The molecule has 7 heteroatoms. The minimum Gasteiger partial charge on any atom is -0.478 e. The monoisotopic (exact) mass is 299 g/mol. The molecule has 1 amide bonds. The van der Waals surface area contributed by atoms with Crippen LogP contribution in [-0.4, -0.2) is 41.1 Å². The van der Waals surface area contributed by atoms with E-state index in [0.717, 1.165) is 6.08 Å². The van der Waals surface area contributed by atoms with Crippen LogP contribution in [0.25, 0.3) is 0 Å². The Morgan fingerprint density at radius 1 is 1.14 bits per heavy atom. The molecule has 1 aromatic carbocycles. The van der Waals surface area contributed by atoms with E-state index in [2.05, 4.69) is 0 Å². The maximum Gasteiger partial charge on any atom is 0.412 e. The summed E-state index contributed by atoms with van der Waals surface area (Å²) in [5, 5.41) is 9.03. The Morgan fingerprint density at radius 2 is 1.76 bits per heavy atom. The van der Waals surface area contributed by atoms with Crippen LogP contribution in [0.4, 0.5) is 13.2 Å². The normalized spacial score (nSPS) is 15.6. The third-order valence-corrected chi connectivity index (χ3v) is 3.25. The van der Waals surface area contributed by atoms with E-state index in [1.165, 1.54) is 29.2 Å². The average Bonchev–Trinajstić information content (AvgIpc) is 2.45. The van der Waals surface area contributed by atoms with Crippen molar-refractivity contribution in [3.05, 3.63) is 47.0 Å². The summed E-state index contributed by atoms with van der Waals surface area (Å²) < 4.78 is 37.5. The minimum atomic E-state index is -4.38. The van der Waals surface area contributed by atoms with E-state index in [9.17, 15) is 22.8 Å². The number of benzene rings is 1. The van der Waals surface area contributed by atoms with Crippen LogP contribution in [-0.2, 0) is 0 Å². The number of aromatic carboxylic acids is 1. The van der Waals surface area contributed by atoms with Gasteiger partial charge in [0.2, 0.25) is 0 Å². The summed E-state index contributed by atoms with van der Waals surface area (Å²) >= 11 is 0. The van der Waals surface area contributed by atoms with Crippen molar-refractivity contribution in [1.82, 2.24) is 4.90 Å². The third kappa shape index (κ3) is 3.24. The van der Waals surface area contributed by atoms with Crippen LogP contribution in [0.1, 0.15) is 27.1 Å². The van der Waals surface area contributed by atoms with Crippen molar-refractivity contribution in [2.75, 3.05) is 13.1 Å². The molecule has 4 nitrogen and oxygen atoms in total. The number of hydrogen-bond acceptors (Lipinski definition) is 2. The van der Waals surface area contributed by atoms with Crippen molar-refractivity contribution < 1.29 is 27.9 Å². The lowest BCUT2D eigenvalue weighted by Crippen LogP contribution is -2.37. The van der Waals surface area contributed by atoms with E-state index in [4.69, 9.17) is 5.11 Å². The number of rotatable bonds is 2. The minimum absolute atomic E-state index is 0.0196. The van der Waals surface area contributed by atoms with Gasteiger partial charge in [-0.3, -0.25) is 4.79 Å². The highest BCUT2D eigenvalue weighted by Crippen LogP contribution is 2.30. The van der Waals surface area contributed by atoms with Gasteiger partial charge < -0.3 is 10.0 Å². The van der Waals surface area contributed by atoms with Gasteiger partial charge in [0.05, 0.1) is 11.1 Å². The Morgan fingerprint density at radius 3 is 2.24 bits per heavy atom. The molecule has 112 valence electrons. The van der Waals surface area contributed by atoms with Gasteiger partial charge in [0.15, 0.2) is 0 Å². The number of carboxylic acid groups (broad SMARTS) is 1. The van der Waals surface area contributed by atoms with Gasteiger partial charge in [-0.25, -0.2) is 4.79 Å². The molecule has 1 aliphatic heterocycles. The number of carbonyl (C=O) groups excluding carboxylic acids is 1. The van der Waals surface area contributed by atoms with Crippen LogP contribution in [0.5, 0.6) is 0 Å². The van der Waals surface area contributed by atoms with E-state index in [0.29, 0.717) is 0 Å². The van der Waals surface area contributed by atoms with Gasteiger partial charge in [0, 0.05) is 18.7 Å². The fraction of sp³-hybridized carbons (Fsp3) is 0.286. The SMILES string of the molecule is O=C(O)c1ccccc1C(=O)N1CC=C(C(F)(F)F)CC1. The molecule has 0 atom stereocenters. The maximum absolute atomic E-state index is 12.5. The fourth-order valence-corrected chi connectivity index (χ4v) is 2.14. The van der Waals surface area contributed by atoms with Crippen molar-refractivity contribution in [2.45, 2.75) is 12.6 Å². The predicted octanol–water partition coefficient (Wildman–Crippen LogP) is 2.72. The van der Waals surface area contributed by atoms with E-state index < -0.39 is 23.6 Å². The summed E-state index contributed by atoms with van der Waals surface area (Å²) in [5.41, 5.74) is -0.833. The largest absolute Gasteiger partial charge is 0.478 e. The number of amides is 1.